The van der Waals surface area contributed by atoms with Gasteiger partial charge >= 0.3 is 5.97 Å². The Labute approximate surface area is 231 Å². The summed E-state index contributed by atoms with van der Waals surface area (Å²) in [5.74, 6) is -2.19. The standard InChI is InChI=1S/C28H22ClF3N4O4/c29-21-9-8-20(27(31)32)25(26(21)30)18-7-10-22(36(40)14-18)23(15-34-11-1-2-24(34)37)35-13-19(12-33-35)16-3-5-17(6-4-16)28(38)39/h3-10,12-14,23,27H,1-2,11,15H2,(H,38,39)/t23-/m1/s1. The number of pyridine rings is 1. The zero-order valence-electron chi connectivity index (χ0n) is 20.8. The van der Waals surface area contributed by atoms with Crippen LogP contribution in [0.25, 0.3) is 22.3 Å². The SMILES string of the molecule is O=C(O)c1ccc(-c2cnn([C@H](CN3CCCC3=O)c3ccc(-c4c(C(F)F)ccc(Cl)c4F)c[n+]3[O-])c2)cc1. The van der Waals surface area contributed by atoms with Gasteiger partial charge in [-0.2, -0.15) is 9.83 Å². The molecule has 1 fully saturated rings. The second-order valence-corrected chi connectivity index (χ2v) is 9.75. The lowest BCUT2D eigenvalue weighted by molar-refractivity contribution is -0.615. The smallest absolute Gasteiger partial charge is 0.335 e. The summed E-state index contributed by atoms with van der Waals surface area (Å²) in [5.41, 5.74) is 0.473. The van der Waals surface area contributed by atoms with Gasteiger partial charge in [-0.3, -0.25) is 9.48 Å². The van der Waals surface area contributed by atoms with E-state index < -0.39 is 35.4 Å². The number of likely N-dealkylation sites (tertiary alicyclic amines) is 1. The topological polar surface area (TPSA) is 102 Å². The zero-order valence-corrected chi connectivity index (χ0v) is 21.6. The van der Waals surface area contributed by atoms with Gasteiger partial charge < -0.3 is 15.2 Å². The van der Waals surface area contributed by atoms with Crippen molar-refractivity contribution in [2.45, 2.75) is 25.3 Å². The fraction of sp³-hybridized carbons (Fsp3) is 0.214. The van der Waals surface area contributed by atoms with Gasteiger partial charge in [0.1, 0.15) is 5.82 Å². The van der Waals surface area contributed by atoms with E-state index in [0.717, 1.165) is 18.3 Å². The molecule has 5 rings (SSSR count). The Morgan fingerprint density at radius 2 is 1.82 bits per heavy atom. The van der Waals surface area contributed by atoms with Crippen molar-refractivity contribution >= 4 is 23.5 Å². The number of rotatable bonds is 8. The van der Waals surface area contributed by atoms with Crippen LogP contribution in [-0.4, -0.2) is 44.8 Å². The molecule has 0 saturated carbocycles. The van der Waals surface area contributed by atoms with E-state index in [0.29, 0.717) is 35.2 Å². The Morgan fingerprint density at radius 3 is 2.45 bits per heavy atom. The molecule has 1 saturated heterocycles. The van der Waals surface area contributed by atoms with Crippen molar-refractivity contribution < 1.29 is 32.6 Å². The summed E-state index contributed by atoms with van der Waals surface area (Å²) < 4.78 is 44.1. The third kappa shape index (κ3) is 5.24. The molecule has 1 aliphatic heterocycles. The van der Waals surface area contributed by atoms with Crippen LogP contribution in [0.2, 0.25) is 5.02 Å². The van der Waals surface area contributed by atoms with Gasteiger partial charge in [-0.15, -0.1) is 0 Å². The van der Waals surface area contributed by atoms with Gasteiger partial charge in [0.2, 0.25) is 11.6 Å². The predicted molar refractivity (Wildman–Crippen MR) is 139 cm³/mol. The Bertz CT molecular complexity index is 1590. The average Bonchev–Trinajstić information content (AvgIpc) is 3.58. The molecule has 2 aromatic carbocycles. The number of carboxylic acids is 1. The number of carboxylic acid groups (broad SMARTS) is 1. The molecule has 1 N–H and O–H groups in total. The Hall–Kier alpha value is -4.38. The van der Waals surface area contributed by atoms with Gasteiger partial charge in [0.25, 0.3) is 6.43 Å². The minimum atomic E-state index is -3.00. The highest BCUT2D eigenvalue weighted by atomic mass is 35.5. The van der Waals surface area contributed by atoms with E-state index in [4.69, 9.17) is 16.7 Å². The summed E-state index contributed by atoms with van der Waals surface area (Å²) in [6, 6.07) is 10.2. The molecule has 0 spiro atoms. The maximum absolute atomic E-state index is 14.8. The fourth-order valence-electron chi connectivity index (χ4n) is 4.82. The van der Waals surface area contributed by atoms with E-state index in [1.807, 2.05) is 0 Å². The number of aromatic nitrogens is 3. The number of benzene rings is 2. The summed E-state index contributed by atoms with van der Waals surface area (Å²) >= 11 is 5.84. The van der Waals surface area contributed by atoms with Crippen LogP contribution in [0.3, 0.4) is 0 Å². The number of nitrogens with zero attached hydrogens (tertiary/aromatic N) is 4. The third-order valence-electron chi connectivity index (χ3n) is 6.89. The first-order valence-corrected chi connectivity index (χ1v) is 12.7. The number of hydrogen-bond donors (Lipinski definition) is 1. The molecule has 1 atom stereocenters. The van der Waals surface area contributed by atoms with E-state index in [1.54, 1.807) is 29.4 Å². The first kappa shape index (κ1) is 27.2. The second kappa shape index (κ2) is 11.0. The normalized spacial score (nSPS) is 14.2. The molecule has 40 heavy (non-hydrogen) atoms. The van der Waals surface area contributed by atoms with E-state index in [1.165, 1.54) is 28.9 Å². The van der Waals surface area contributed by atoms with Gasteiger partial charge in [0.05, 0.1) is 28.9 Å². The third-order valence-corrected chi connectivity index (χ3v) is 7.18. The Balaban J connectivity index is 1.54. The van der Waals surface area contributed by atoms with Crippen LogP contribution in [0.15, 0.2) is 67.1 Å². The quantitative estimate of drug-likeness (QED) is 0.223. The van der Waals surface area contributed by atoms with Crippen molar-refractivity contribution in [2.75, 3.05) is 13.1 Å². The number of carbonyl (C=O) groups is 2. The molecule has 0 unspecified atom stereocenters. The van der Waals surface area contributed by atoms with Crippen molar-refractivity contribution in [3.8, 4) is 22.3 Å². The number of alkyl halides is 2. The van der Waals surface area contributed by atoms with Crippen molar-refractivity contribution in [2.24, 2.45) is 0 Å². The lowest BCUT2D eigenvalue weighted by Gasteiger charge is -2.23. The van der Waals surface area contributed by atoms with E-state index in [2.05, 4.69) is 5.10 Å². The molecule has 3 heterocycles. The highest BCUT2D eigenvalue weighted by Gasteiger charge is 2.31. The number of hydrogen-bond acceptors (Lipinski definition) is 4. The van der Waals surface area contributed by atoms with Crippen LogP contribution in [0.1, 0.15) is 46.9 Å². The zero-order chi connectivity index (χ0) is 28.6. The first-order chi connectivity index (χ1) is 19.1. The minimum absolute atomic E-state index is 0.0710. The van der Waals surface area contributed by atoms with E-state index in [9.17, 15) is 28.0 Å². The molecule has 0 bridgehead atoms. The molecule has 1 amide bonds. The highest BCUT2D eigenvalue weighted by molar-refractivity contribution is 6.31. The van der Waals surface area contributed by atoms with Crippen LogP contribution in [0, 0.1) is 11.0 Å². The summed E-state index contributed by atoms with van der Waals surface area (Å²) in [7, 11) is 0. The van der Waals surface area contributed by atoms with Gasteiger partial charge in [-0.1, -0.05) is 29.8 Å². The molecule has 12 heteroatoms. The molecule has 8 nitrogen and oxygen atoms in total. The second-order valence-electron chi connectivity index (χ2n) is 9.35. The number of halogens is 4. The van der Waals surface area contributed by atoms with Crippen molar-refractivity contribution in [1.29, 1.82) is 0 Å². The van der Waals surface area contributed by atoms with E-state index >= 15 is 0 Å². The Morgan fingerprint density at radius 1 is 1.10 bits per heavy atom. The largest absolute Gasteiger partial charge is 0.618 e. The monoisotopic (exact) mass is 570 g/mol. The molecule has 0 aliphatic carbocycles. The van der Waals surface area contributed by atoms with Crippen LogP contribution in [0.5, 0.6) is 0 Å². The summed E-state index contributed by atoms with van der Waals surface area (Å²) in [6.45, 7) is 0.621. The first-order valence-electron chi connectivity index (χ1n) is 12.3. The molecule has 1 aliphatic rings. The van der Waals surface area contributed by atoms with Crippen LogP contribution in [0.4, 0.5) is 13.2 Å². The average molecular weight is 571 g/mol. The molecule has 0 radical (unpaired) electrons. The molecule has 206 valence electrons. The fourth-order valence-corrected chi connectivity index (χ4v) is 4.98. The summed E-state index contributed by atoms with van der Waals surface area (Å²) in [5, 5.41) is 26.5. The summed E-state index contributed by atoms with van der Waals surface area (Å²) in [4.78, 5) is 25.2. The maximum Gasteiger partial charge on any atom is 0.335 e. The van der Waals surface area contributed by atoms with Crippen molar-refractivity contribution in [1.82, 2.24) is 14.7 Å². The molecule has 2 aromatic heterocycles. The lowest BCUT2D eigenvalue weighted by Crippen LogP contribution is -2.40. The van der Waals surface area contributed by atoms with Crippen LogP contribution < -0.4 is 4.73 Å². The Kier molecular flexibility index (Phi) is 7.49. The molecule has 4 aromatic rings. The van der Waals surface area contributed by atoms with Gasteiger partial charge in [-0.25, -0.2) is 18.0 Å². The van der Waals surface area contributed by atoms with Gasteiger partial charge in [-0.05, 0) is 36.2 Å². The highest BCUT2D eigenvalue weighted by Crippen LogP contribution is 2.36. The van der Waals surface area contributed by atoms with Crippen LogP contribution >= 0.6 is 11.6 Å². The molecular formula is C28H22ClF3N4O4. The number of amides is 1. The number of aromatic carboxylic acids is 1. The lowest BCUT2D eigenvalue weighted by atomic mass is 9.99. The van der Waals surface area contributed by atoms with Gasteiger partial charge in [0, 0.05) is 41.9 Å². The van der Waals surface area contributed by atoms with Crippen LogP contribution in [-0.2, 0) is 4.79 Å². The molecular weight excluding hydrogens is 549 g/mol. The van der Waals surface area contributed by atoms with E-state index in [-0.39, 0.29) is 34.3 Å². The number of carbonyl (C=O) groups excluding carboxylic acids is 1. The minimum Gasteiger partial charge on any atom is -0.618 e. The van der Waals surface area contributed by atoms with Gasteiger partial charge in [0.15, 0.2) is 12.2 Å². The van der Waals surface area contributed by atoms with Crippen molar-refractivity contribution in [3.63, 3.8) is 0 Å². The predicted octanol–water partition coefficient (Wildman–Crippen LogP) is 5.49. The maximum atomic E-state index is 14.8. The summed E-state index contributed by atoms with van der Waals surface area (Å²) in [6.07, 6.45) is 2.28. The van der Waals surface area contributed by atoms with Crippen molar-refractivity contribution in [3.05, 3.63) is 100.0 Å².